The van der Waals surface area contributed by atoms with Crippen LogP contribution in [0.1, 0.15) is 22.3 Å². The van der Waals surface area contributed by atoms with Crippen LogP contribution in [0.4, 0.5) is 4.39 Å². The third-order valence-corrected chi connectivity index (χ3v) is 5.35. The van der Waals surface area contributed by atoms with Gasteiger partial charge in [0.2, 0.25) is 10.0 Å². The van der Waals surface area contributed by atoms with E-state index in [0.29, 0.717) is 12.1 Å². The van der Waals surface area contributed by atoms with E-state index in [4.69, 9.17) is 5.14 Å². The zero-order chi connectivity index (χ0) is 18.2. The number of nitrogens with two attached hydrogens (primary N) is 1. The van der Waals surface area contributed by atoms with Gasteiger partial charge in [-0.3, -0.25) is 4.99 Å². The van der Waals surface area contributed by atoms with Crippen molar-refractivity contribution < 1.29 is 12.8 Å². The molecule has 2 N–H and O–H groups in total. The molecule has 0 aliphatic carbocycles. The predicted molar refractivity (Wildman–Crippen MR) is 97.0 cm³/mol. The second-order valence-corrected chi connectivity index (χ2v) is 7.92. The molecule has 0 radical (unpaired) electrons. The van der Waals surface area contributed by atoms with Gasteiger partial charge < -0.3 is 0 Å². The fraction of sp³-hybridized carbons (Fsp3) is 0.211. The molecule has 2 aromatic carbocycles. The minimum absolute atomic E-state index is 0.417. The van der Waals surface area contributed by atoms with Crippen LogP contribution >= 0.6 is 0 Å². The lowest BCUT2D eigenvalue weighted by molar-refractivity contribution is 0.561. The van der Waals surface area contributed by atoms with Crippen LogP contribution < -0.4 is 5.14 Å². The van der Waals surface area contributed by atoms with Crippen molar-refractivity contribution in [3.05, 3.63) is 76.6 Å². The minimum atomic E-state index is -4.10. The molecule has 0 fully saturated rings. The summed E-state index contributed by atoms with van der Waals surface area (Å²) in [5, 5.41) is 5.06. The fourth-order valence-corrected chi connectivity index (χ4v) is 3.89. The molecule has 130 valence electrons. The van der Waals surface area contributed by atoms with Crippen molar-refractivity contribution in [3.8, 4) is 0 Å². The van der Waals surface area contributed by atoms with Gasteiger partial charge in [0.25, 0.3) is 0 Å². The standard InChI is InChI=1S/C19H19FN2O2S/c1-13-8-14(2)10-16(9-13)19(6-3-7-22-12-19)15-4-5-18(17(20)11-15)25(21,23)24/h3-11H,12H2,1-2H3,(H2,21,23,24). The molecule has 25 heavy (non-hydrogen) atoms. The fourth-order valence-electron chi connectivity index (χ4n) is 3.30. The molecule has 1 aliphatic heterocycles. The highest BCUT2D eigenvalue weighted by molar-refractivity contribution is 7.89. The number of hydrogen-bond donors (Lipinski definition) is 1. The first-order valence-electron chi connectivity index (χ1n) is 7.82. The van der Waals surface area contributed by atoms with Crippen LogP contribution in [0.3, 0.4) is 0 Å². The molecule has 0 amide bonds. The SMILES string of the molecule is Cc1cc(C)cc(C2(c3ccc(S(N)(=O)=O)c(F)c3)C=CC=NC2)c1. The Labute approximate surface area is 147 Å². The van der Waals surface area contributed by atoms with Gasteiger partial charge in [-0.05, 0) is 43.2 Å². The molecule has 0 aromatic heterocycles. The highest BCUT2D eigenvalue weighted by atomic mass is 32.2. The predicted octanol–water partition coefficient (Wildman–Crippen LogP) is 3.02. The van der Waals surface area contributed by atoms with Crippen LogP contribution in [0, 0.1) is 19.7 Å². The Morgan fingerprint density at radius 2 is 1.76 bits per heavy atom. The van der Waals surface area contributed by atoms with Gasteiger partial charge in [0.05, 0.1) is 12.0 Å². The quantitative estimate of drug-likeness (QED) is 0.916. The molecule has 2 aromatic rings. The van der Waals surface area contributed by atoms with Crippen LogP contribution in [0.2, 0.25) is 0 Å². The van der Waals surface area contributed by atoms with Crippen LogP contribution in [0.5, 0.6) is 0 Å². The van der Waals surface area contributed by atoms with Gasteiger partial charge in [-0.25, -0.2) is 17.9 Å². The van der Waals surface area contributed by atoms with Crippen molar-refractivity contribution >= 4 is 16.2 Å². The Balaban J connectivity index is 2.22. The second kappa shape index (κ2) is 6.20. The molecule has 6 heteroatoms. The zero-order valence-corrected chi connectivity index (χ0v) is 14.8. The number of halogens is 1. The van der Waals surface area contributed by atoms with Gasteiger partial charge in [-0.15, -0.1) is 0 Å². The average molecular weight is 358 g/mol. The van der Waals surface area contributed by atoms with Crippen molar-refractivity contribution in [2.45, 2.75) is 24.2 Å². The van der Waals surface area contributed by atoms with E-state index >= 15 is 0 Å². The average Bonchev–Trinajstić information content (AvgIpc) is 2.53. The first kappa shape index (κ1) is 17.5. The maximum atomic E-state index is 14.4. The van der Waals surface area contributed by atoms with Crippen LogP contribution in [-0.2, 0) is 15.4 Å². The molecule has 1 atom stereocenters. The van der Waals surface area contributed by atoms with Gasteiger partial charge in [0, 0.05) is 6.21 Å². The van der Waals surface area contributed by atoms with Gasteiger partial charge in [-0.2, -0.15) is 0 Å². The van der Waals surface area contributed by atoms with Crippen molar-refractivity contribution in [2.75, 3.05) is 6.54 Å². The largest absolute Gasteiger partial charge is 0.292 e. The number of allylic oxidation sites excluding steroid dienone is 1. The monoisotopic (exact) mass is 358 g/mol. The van der Waals surface area contributed by atoms with Crippen LogP contribution in [0.25, 0.3) is 0 Å². The Bertz CT molecular complexity index is 976. The highest BCUT2D eigenvalue weighted by Crippen LogP contribution is 2.37. The minimum Gasteiger partial charge on any atom is -0.292 e. The van der Waals surface area contributed by atoms with E-state index in [0.717, 1.165) is 16.7 Å². The summed E-state index contributed by atoms with van der Waals surface area (Å²) in [6.45, 7) is 4.43. The Hall–Kier alpha value is -2.31. The number of rotatable bonds is 3. The van der Waals surface area contributed by atoms with E-state index in [2.05, 4.69) is 11.1 Å². The Morgan fingerprint density at radius 1 is 1.08 bits per heavy atom. The van der Waals surface area contributed by atoms with Gasteiger partial charge in [0.15, 0.2) is 0 Å². The Morgan fingerprint density at radius 3 is 2.28 bits per heavy atom. The summed E-state index contributed by atoms with van der Waals surface area (Å²) < 4.78 is 37.4. The molecule has 0 saturated heterocycles. The van der Waals surface area contributed by atoms with Crippen molar-refractivity contribution in [1.29, 1.82) is 0 Å². The lowest BCUT2D eigenvalue weighted by atomic mass is 9.72. The number of nitrogens with zero attached hydrogens (tertiary/aromatic N) is 1. The zero-order valence-electron chi connectivity index (χ0n) is 14.0. The first-order valence-corrected chi connectivity index (χ1v) is 9.36. The molecular weight excluding hydrogens is 339 g/mol. The second-order valence-electron chi connectivity index (χ2n) is 6.39. The normalized spacial score (nSPS) is 20.0. The van der Waals surface area contributed by atoms with Crippen molar-refractivity contribution in [3.63, 3.8) is 0 Å². The molecule has 0 saturated carbocycles. The molecular formula is C19H19FN2O2S. The molecule has 1 unspecified atom stereocenters. The third-order valence-electron chi connectivity index (χ3n) is 4.40. The summed E-state index contributed by atoms with van der Waals surface area (Å²) in [6, 6.07) is 10.2. The van der Waals surface area contributed by atoms with E-state index < -0.39 is 26.2 Å². The summed E-state index contributed by atoms with van der Waals surface area (Å²) in [4.78, 5) is 3.86. The van der Waals surface area contributed by atoms with E-state index in [-0.39, 0.29) is 0 Å². The number of sulfonamides is 1. The van der Waals surface area contributed by atoms with Crippen molar-refractivity contribution in [1.82, 2.24) is 0 Å². The number of benzene rings is 2. The van der Waals surface area contributed by atoms with Crippen LogP contribution in [-0.4, -0.2) is 21.2 Å². The van der Waals surface area contributed by atoms with E-state index in [1.807, 2.05) is 38.1 Å². The number of dihydropyridines is 1. The topological polar surface area (TPSA) is 72.5 Å². The highest BCUT2D eigenvalue weighted by Gasteiger charge is 2.34. The molecule has 1 heterocycles. The van der Waals surface area contributed by atoms with E-state index in [9.17, 15) is 12.8 Å². The third kappa shape index (κ3) is 3.27. The lowest BCUT2D eigenvalue weighted by Gasteiger charge is -2.33. The van der Waals surface area contributed by atoms with E-state index in [1.54, 1.807) is 12.3 Å². The number of hydrogen-bond acceptors (Lipinski definition) is 3. The van der Waals surface area contributed by atoms with Gasteiger partial charge in [0.1, 0.15) is 10.7 Å². The summed E-state index contributed by atoms with van der Waals surface area (Å²) >= 11 is 0. The summed E-state index contributed by atoms with van der Waals surface area (Å²) in [5.74, 6) is -0.855. The first-order chi connectivity index (χ1) is 11.7. The number of aryl methyl sites for hydroxylation is 2. The van der Waals surface area contributed by atoms with E-state index in [1.165, 1.54) is 12.1 Å². The molecule has 3 rings (SSSR count). The Kier molecular flexibility index (Phi) is 4.34. The van der Waals surface area contributed by atoms with Crippen molar-refractivity contribution in [2.24, 2.45) is 10.1 Å². The molecule has 0 spiro atoms. The lowest BCUT2D eigenvalue weighted by Crippen LogP contribution is -2.31. The molecule has 4 nitrogen and oxygen atoms in total. The maximum Gasteiger partial charge on any atom is 0.240 e. The summed E-state index contributed by atoms with van der Waals surface area (Å²) in [6.07, 6.45) is 5.50. The number of aliphatic imine (C=N–C) groups is 1. The van der Waals surface area contributed by atoms with Gasteiger partial charge in [-0.1, -0.05) is 41.5 Å². The smallest absolute Gasteiger partial charge is 0.240 e. The molecule has 1 aliphatic rings. The van der Waals surface area contributed by atoms with Gasteiger partial charge >= 0.3 is 0 Å². The summed E-state index contributed by atoms with van der Waals surface area (Å²) in [7, 11) is -4.10. The number of primary sulfonamides is 1. The van der Waals surface area contributed by atoms with Crippen LogP contribution in [0.15, 0.2) is 58.4 Å². The molecule has 0 bridgehead atoms. The summed E-state index contributed by atoms with van der Waals surface area (Å²) in [5.41, 5.74) is 3.16. The maximum absolute atomic E-state index is 14.4.